The molecule has 0 spiro atoms. The van der Waals surface area contributed by atoms with Gasteiger partial charge in [0.2, 0.25) is 0 Å². The Bertz CT molecular complexity index is 149. The first-order valence-corrected chi connectivity index (χ1v) is 2.55. The molecule has 0 unspecified atom stereocenters. The summed E-state index contributed by atoms with van der Waals surface area (Å²) < 4.78 is 0. The van der Waals surface area contributed by atoms with Gasteiger partial charge < -0.3 is 0 Å². The smallest absolute Gasteiger partial charge is 0.119 e. The Kier molecular flexibility index (Phi) is 1.58. The van der Waals surface area contributed by atoms with Gasteiger partial charge in [-0.05, 0) is 12.2 Å². The van der Waals surface area contributed by atoms with Crippen LogP contribution in [0.25, 0.3) is 0 Å². The molecule has 8 heavy (non-hydrogen) atoms. The Morgan fingerprint density at radius 2 is 2.50 bits per heavy atom. The fraction of sp³-hybridized carbons (Fsp3) is 0. The number of hydrogen-bond acceptors (Lipinski definition) is 3. The first-order chi connectivity index (χ1) is 3.89. The molecule has 0 aliphatic carbocycles. The molecule has 4 heteroatoms. The van der Waals surface area contributed by atoms with Gasteiger partial charge in [0.05, 0.1) is 0 Å². The van der Waals surface area contributed by atoms with Crippen LogP contribution in [-0.2, 0) is 0 Å². The number of hydrazine groups is 1. The molecule has 0 aromatic heterocycles. The van der Waals surface area contributed by atoms with Gasteiger partial charge in [-0.1, -0.05) is 12.2 Å². The summed E-state index contributed by atoms with van der Waals surface area (Å²) >= 11 is 4.75. The van der Waals surface area contributed by atoms with Crippen LogP contribution in [0.2, 0.25) is 0 Å². The van der Waals surface area contributed by atoms with Crippen molar-refractivity contribution in [2.75, 3.05) is 0 Å². The average molecular weight is 127 g/mol. The lowest BCUT2D eigenvalue weighted by Crippen LogP contribution is -2.29. The molecule has 0 aromatic carbocycles. The minimum absolute atomic E-state index is 0.641. The van der Waals surface area contributed by atoms with Crippen LogP contribution in [0.15, 0.2) is 17.3 Å². The normalized spacial score (nSPS) is 16.8. The number of nitrogens with one attached hydrogen (secondary N) is 2. The van der Waals surface area contributed by atoms with Crippen molar-refractivity contribution in [1.29, 1.82) is 0 Å². The highest BCUT2D eigenvalue weighted by molar-refractivity contribution is 7.80. The summed E-state index contributed by atoms with van der Waals surface area (Å²) in [6.45, 7) is 0. The number of thiocarbonyl (C=S) groups is 1. The van der Waals surface area contributed by atoms with E-state index in [4.69, 9.17) is 12.2 Å². The van der Waals surface area contributed by atoms with E-state index in [1.165, 1.54) is 0 Å². The molecule has 0 atom stereocenters. The molecule has 0 saturated carbocycles. The fourth-order valence-corrected chi connectivity index (χ4v) is 0.464. The van der Waals surface area contributed by atoms with Gasteiger partial charge in [-0.2, -0.15) is 5.10 Å². The third-order valence-corrected chi connectivity index (χ3v) is 0.890. The van der Waals surface area contributed by atoms with Crippen LogP contribution in [0, 0.1) is 0 Å². The van der Waals surface area contributed by atoms with Crippen LogP contribution in [0.3, 0.4) is 0 Å². The number of hydrogen-bond donors (Lipinski definition) is 2. The van der Waals surface area contributed by atoms with Gasteiger partial charge >= 0.3 is 0 Å². The summed E-state index contributed by atoms with van der Waals surface area (Å²) in [6.07, 6.45) is 5.13. The van der Waals surface area contributed by atoms with E-state index in [9.17, 15) is 0 Å². The second-order valence-corrected chi connectivity index (χ2v) is 1.68. The van der Waals surface area contributed by atoms with Gasteiger partial charge in [0, 0.05) is 6.21 Å². The Hall–Kier alpha value is -0.900. The molecule has 1 aliphatic heterocycles. The molecule has 0 amide bonds. The molecule has 0 fully saturated rings. The first-order valence-electron chi connectivity index (χ1n) is 2.14. The zero-order valence-corrected chi connectivity index (χ0v) is 4.90. The van der Waals surface area contributed by atoms with Crippen LogP contribution in [0.5, 0.6) is 0 Å². The van der Waals surface area contributed by atoms with Crippen LogP contribution in [0.1, 0.15) is 0 Å². The Morgan fingerprint density at radius 1 is 1.62 bits per heavy atom. The maximum absolute atomic E-state index is 4.75. The van der Waals surface area contributed by atoms with Gasteiger partial charge in [-0.3, -0.25) is 5.43 Å². The molecule has 0 aromatic rings. The third kappa shape index (κ3) is 1.31. The van der Waals surface area contributed by atoms with Crippen LogP contribution in [-0.4, -0.2) is 11.2 Å². The number of nitrogens with zero attached hydrogens (tertiary/aromatic N) is 1. The van der Waals surface area contributed by atoms with Crippen molar-refractivity contribution >= 4 is 23.4 Å². The van der Waals surface area contributed by atoms with Crippen molar-refractivity contribution in [3.8, 4) is 0 Å². The second-order valence-electron chi connectivity index (χ2n) is 1.24. The Morgan fingerprint density at radius 3 is 3.38 bits per heavy atom. The highest BCUT2D eigenvalue weighted by atomic mass is 32.1. The molecule has 2 N–H and O–H groups in total. The Labute approximate surface area is 52.4 Å². The number of allylic oxidation sites excluding steroid dienone is 1. The van der Waals surface area contributed by atoms with Gasteiger partial charge in [0.25, 0.3) is 0 Å². The molecule has 0 saturated heterocycles. The maximum Gasteiger partial charge on any atom is 0.119 e. The molecule has 0 radical (unpaired) electrons. The van der Waals surface area contributed by atoms with E-state index in [0.717, 1.165) is 0 Å². The van der Waals surface area contributed by atoms with E-state index in [1.54, 1.807) is 18.4 Å². The van der Waals surface area contributed by atoms with Gasteiger partial charge in [-0.25, -0.2) is 5.53 Å². The van der Waals surface area contributed by atoms with Crippen LogP contribution < -0.4 is 11.0 Å². The third-order valence-electron chi connectivity index (χ3n) is 0.652. The van der Waals surface area contributed by atoms with Crippen molar-refractivity contribution in [1.82, 2.24) is 11.0 Å². The molecular weight excluding hydrogens is 122 g/mol. The summed E-state index contributed by atoms with van der Waals surface area (Å²) in [6, 6.07) is 0. The van der Waals surface area contributed by atoms with Crippen molar-refractivity contribution in [3.63, 3.8) is 0 Å². The van der Waals surface area contributed by atoms with Crippen molar-refractivity contribution in [2.24, 2.45) is 5.10 Å². The molecule has 42 valence electrons. The van der Waals surface area contributed by atoms with E-state index in [-0.39, 0.29) is 0 Å². The second kappa shape index (κ2) is 2.42. The zero-order chi connectivity index (χ0) is 5.82. The predicted molar refractivity (Wildman–Crippen MR) is 36.5 cm³/mol. The topological polar surface area (TPSA) is 36.4 Å². The van der Waals surface area contributed by atoms with Gasteiger partial charge in [0.1, 0.15) is 4.99 Å². The maximum atomic E-state index is 4.75. The number of rotatable bonds is 0. The molecule has 1 heterocycles. The zero-order valence-electron chi connectivity index (χ0n) is 4.09. The van der Waals surface area contributed by atoms with E-state index in [1.807, 2.05) is 0 Å². The number of hydrazone groups is 1. The molecule has 1 aliphatic rings. The lowest BCUT2D eigenvalue weighted by Gasteiger charge is -1.96. The lowest BCUT2D eigenvalue weighted by atomic mass is 10.5. The van der Waals surface area contributed by atoms with E-state index < -0.39 is 0 Å². The van der Waals surface area contributed by atoms with Crippen molar-refractivity contribution < 1.29 is 0 Å². The summed E-state index contributed by atoms with van der Waals surface area (Å²) in [5, 5.41) is 3.66. The van der Waals surface area contributed by atoms with Crippen molar-refractivity contribution in [3.05, 3.63) is 12.2 Å². The summed E-state index contributed by atoms with van der Waals surface area (Å²) in [5.41, 5.74) is 5.15. The fourth-order valence-electron chi connectivity index (χ4n) is 0.340. The van der Waals surface area contributed by atoms with E-state index in [0.29, 0.717) is 4.99 Å². The quantitative estimate of drug-likeness (QED) is 0.448. The SMILES string of the molecule is S=C1C=CC=NNN1. The Balaban J connectivity index is 2.58. The minimum Gasteiger partial charge on any atom is -0.275 e. The molecule has 1 rings (SSSR count). The van der Waals surface area contributed by atoms with E-state index >= 15 is 0 Å². The standard InChI is InChI=1S/C4H5N3S/c8-4-2-1-3-5-7-6-4/h1-3,7H,(H,6,8). The predicted octanol–water partition coefficient (Wildman–Crippen LogP) is -0.0364. The molecule has 3 nitrogen and oxygen atoms in total. The van der Waals surface area contributed by atoms with Crippen LogP contribution in [0.4, 0.5) is 0 Å². The summed E-state index contributed by atoms with van der Waals surface area (Å²) in [5.74, 6) is 0. The van der Waals surface area contributed by atoms with Crippen molar-refractivity contribution in [2.45, 2.75) is 0 Å². The highest BCUT2D eigenvalue weighted by Gasteiger charge is 1.85. The monoisotopic (exact) mass is 127 g/mol. The molecule has 0 bridgehead atoms. The van der Waals surface area contributed by atoms with Gasteiger partial charge in [0.15, 0.2) is 0 Å². The lowest BCUT2D eigenvalue weighted by molar-refractivity contribution is 0.714. The van der Waals surface area contributed by atoms with Crippen LogP contribution >= 0.6 is 12.2 Å². The average Bonchev–Trinajstić information content (AvgIpc) is 1.94. The first kappa shape index (κ1) is 5.24. The molecular formula is C4H5N3S. The van der Waals surface area contributed by atoms with Gasteiger partial charge in [-0.15, -0.1) is 0 Å². The summed E-state index contributed by atoms with van der Waals surface area (Å²) in [7, 11) is 0. The highest BCUT2D eigenvalue weighted by Crippen LogP contribution is 1.76. The minimum atomic E-state index is 0.641. The summed E-state index contributed by atoms with van der Waals surface area (Å²) in [4.78, 5) is 0.641. The van der Waals surface area contributed by atoms with E-state index in [2.05, 4.69) is 16.1 Å². The largest absolute Gasteiger partial charge is 0.275 e.